The minimum absolute atomic E-state index is 0. The second-order valence-corrected chi connectivity index (χ2v) is 3.57. The van der Waals surface area contributed by atoms with E-state index < -0.39 is 21.2 Å². The lowest BCUT2D eigenvalue weighted by Gasteiger charge is -1.68. The number of rotatable bonds is 0. The highest BCUT2D eigenvalue weighted by Gasteiger charge is 1.84. The molecular weight excluding hydrogens is 182 g/mol. The first-order valence-electron chi connectivity index (χ1n) is 1.68. The highest BCUT2D eigenvalue weighted by molar-refractivity contribution is 7.83. The lowest BCUT2D eigenvalue weighted by atomic mass is 11.9. The Morgan fingerprint density at radius 1 is 1.20 bits per heavy atom. The Morgan fingerprint density at radius 2 is 1.20 bits per heavy atom. The molecule has 0 aliphatic carbocycles. The SMILES string of the molecule is CS(C)=O.N.O=S(=O)(O)O. The molecule has 8 heteroatoms. The van der Waals surface area contributed by atoms with Gasteiger partial charge in [-0.25, -0.2) is 0 Å². The maximum Gasteiger partial charge on any atom is 0.394 e. The number of hydrogen-bond donors (Lipinski definition) is 3. The van der Waals surface area contributed by atoms with Gasteiger partial charge < -0.3 is 6.15 Å². The van der Waals surface area contributed by atoms with Crippen molar-refractivity contribution in [2.45, 2.75) is 0 Å². The average Bonchev–Trinajstić information content (AvgIpc) is 1.19. The molecule has 6 nitrogen and oxygen atoms in total. The van der Waals surface area contributed by atoms with Crippen molar-refractivity contribution in [1.29, 1.82) is 0 Å². The number of hydrogen-bond acceptors (Lipinski definition) is 4. The summed E-state index contributed by atoms with van der Waals surface area (Å²) in [6.07, 6.45) is 3.28. The topological polar surface area (TPSA) is 127 Å². The minimum Gasteiger partial charge on any atom is -0.344 e. The van der Waals surface area contributed by atoms with Crippen LogP contribution in [-0.4, -0.2) is 34.2 Å². The van der Waals surface area contributed by atoms with Gasteiger partial charge in [-0.1, -0.05) is 0 Å². The molecule has 0 bridgehead atoms. The Bertz CT molecular complexity index is 160. The van der Waals surface area contributed by atoms with Crippen LogP contribution >= 0.6 is 0 Å². The zero-order valence-corrected chi connectivity index (χ0v) is 7.28. The molecule has 0 fully saturated rings. The van der Waals surface area contributed by atoms with Gasteiger partial charge in [0, 0.05) is 23.3 Å². The quantitative estimate of drug-likeness (QED) is 0.445. The lowest BCUT2D eigenvalue weighted by Crippen LogP contribution is -1.89. The predicted octanol–water partition coefficient (Wildman–Crippen LogP) is -0.496. The normalized spacial score (nSPS) is 9.30. The molecule has 0 amide bonds. The molecule has 0 radical (unpaired) electrons. The summed E-state index contributed by atoms with van der Waals surface area (Å²) in [5, 5.41) is 0. The average molecular weight is 193 g/mol. The first-order valence-corrected chi connectivity index (χ1v) is 5.04. The van der Waals surface area contributed by atoms with Crippen molar-refractivity contribution >= 4 is 21.2 Å². The molecule has 0 aliphatic rings. The summed E-state index contributed by atoms with van der Waals surface area (Å²) in [4.78, 5) is 0. The maximum atomic E-state index is 9.56. The Kier molecular flexibility index (Phi) is 11.7. The van der Waals surface area contributed by atoms with E-state index in [1.54, 1.807) is 12.5 Å². The Hall–Kier alpha value is -0.0200. The Balaban J connectivity index is -0.0000000910. The van der Waals surface area contributed by atoms with Gasteiger partial charge in [0.05, 0.1) is 0 Å². The summed E-state index contributed by atoms with van der Waals surface area (Å²) < 4.78 is 41.1. The second kappa shape index (κ2) is 7.09. The van der Waals surface area contributed by atoms with Crippen LogP contribution in [0.15, 0.2) is 0 Å². The van der Waals surface area contributed by atoms with Gasteiger partial charge in [0.2, 0.25) is 0 Å². The van der Waals surface area contributed by atoms with E-state index in [2.05, 4.69) is 0 Å². The van der Waals surface area contributed by atoms with Gasteiger partial charge in [-0.15, -0.1) is 0 Å². The third-order valence-electron chi connectivity index (χ3n) is 0. The molecule has 0 aromatic carbocycles. The minimum atomic E-state index is -4.67. The van der Waals surface area contributed by atoms with Crippen molar-refractivity contribution in [3.63, 3.8) is 0 Å². The van der Waals surface area contributed by atoms with E-state index in [-0.39, 0.29) is 6.15 Å². The molecule has 0 rings (SSSR count). The fourth-order valence-corrected chi connectivity index (χ4v) is 0. The second-order valence-electron chi connectivity index (χ2n) is 1.19. The van der Waals surface area contributed by atoms with Gasteiger partial charge in [-0.3, -0.25) is 13.3 Å². The van der Waals surface area contributed by atoms with E-state index in [0.717, 1.165) is 0 Å². The molecule has 0 spiro atoms. The monoisotopic (exact) mass is 193 g/mol. The van der Waals surface area contributed by atoms with Gasteiger partial charge >= 0.3 is 10.4 Å². The first-order chi connectivity index (χ1) is 3.73. The van der Waals surface area contributed by atoms with Crippen molar-refractivity contribution in [1.82, 2.24) is 6.15 Å². The zero-order chi connectivity index (χ0) is 8.08. The van der Waals surface area contributed by atoms with Crippen molar-refractivity contribution in [2.75, 3.05) is 12.5 Å². The van der Waals surface area contributed by atoms with Crippen LogP contribution in [0.25, 0.3) is 0 Å². The molecule has 0 saturated carbocycles. The summed E-state index contributed by atoms with van der Waals surface area (Å²) >= 11 is 0. The largest absolute Gasteiger partial charge is 0.394 e. The maximum absolute atomic E-state index is 9.56. The van der Waals surface area contributed by atoms with Gasteiger partial charge in [0.15, 0.2) is 0 Å². The summed E-state index contributed by atoms with van der Waals surface area (Å²) in [6.45, 7) is 0. The molecule has 0 aromatic rings. The van der Waals surface area contributed by atoms with Crippen molar-refractivity contribution in [2.24, 2.45) is 0 Å². The summed E-state index contributed by atoms with van der Waals surface area (Å²) in [7, 11) is -5.28. The summed E-state index contributed by atoms with van der Waals surface area (Å²) in [6, 6.07) is 0. The van der Waals surface area contributed by atoms with E-state index in [4.69, 9.17) is 17.5 Å². The molecule has 0 aliphatic heterocycles. The van der Waals surface area contributed by atoms with Gasteiger partial charge in [-0.2, -0.15) is 8.42 Å². The third-order valence-corrected chi connectivity index (χ3v) is 0. The molecule has 0 saturated heterocycles. The lowest BCUT2D eigenvalue weighted by molar-refractivity contribution is 0.381. The van der Waals surface area contributed by atoms with Crippen LogP contribution in [0.4, 0.5) is 0 Å². The summed E-state index contributed by atoms with van der Waals surface area (Å²) in [5.74, 6) is 0. The molecule has 0 heterocycles. The highest BCUT2D eigenvalue weighted by Crippen LogP contribution is 1.59. The van der Waals surface area contributed by atoms with E-state index in [9.17, 15) is 4.21 Å². The molecule has 0 atom stereocenters. The van der Waals surface area contributed by atoms with Gasteiger partial charge in [0.25, 0.3) is 0 Å². The Labute approximate surface area is 62.3 Å². The smallest absolute Gasteiger partial charge is 0.344 e. The molecular formula is C2H11NO5S2. The van der Waals surface area contributed by atoms with Crippen LogP contribution < -0.4 is 6.15 Å². The molecule has 0 unspecified atom stereocenters. The van der Waals surface area contributed by atoms with Crippen LogP contribution in [0.1, 0.15) is 0 Å². The van der Waals surface area contributed by atoms with Gasteiger partial charge in [0.1, 0.15) is 0 Å². The summed E-state index contributed by atoms with van der Waals surface area (Å²) in [5.41, 5.74) is 0. The first kappa shape index (κ1) is 16.5. The predicted molar refractivity (Wildman–Crippen MR) is 39.2 cm³/mol. The van der Waals surface area contributed by atoms with Crippen molar-refractivity contribution < 1.29 is 21.7 Å². The van der Waals surface area contributed by atoms with E-state index >= 15 is 0 Å². The molecule has 0 aromatic heterocycles. The molecule has 10 heavy (non-hydrogen) atoms. The third kappa shape index (κ3) is 972000. The van der Waals surface area contributed by atoms with Crippen LogP contribution in [0.3, 0.4) is 0 Å². The zero-order valence-electron chi connectivity index (χ0n) is 5.64. The van der Waals surface area contributed by atoms with E-state index in [0.29, 0.717) is 0 Å². The van der Waals surface area contributed by atoms with Crippen LogP contribution in [0, 0.1) is 0 Å². The molecule has 66 valence electrons. The van der Waals surface area contributed by atoms with Gasteiger partial charge in [-0.05, 0) is 0 Å². The van der Waals surface area contributed by atoms with Crippen LogP contribution in [0.5, 0.6) is 0 Å². The fraction of sp³-hybridized carbons (Fsp3) is 1.00. The van der Waals surface area contributed by atoms with Crippen LogP contribution in [-0.2, 0) is 21.2 Å². The molecule has 5 N–H and O–H groups in total. The Morgan fingerprint density at radius 3 is 1.20 bits per heavy atom. The van der Waals surface area contributed by atoms with E-state index in [1.165, 1.54) is 0 Å². The fourth-order valence-electron chi connectivity index (χ4n) is 0. The standard InChI is InChI=1S/C2H6OS.H3N.H2O4S/c1-4(2)3;;1-5(2,3)4/h1-2H3;1H3;(H2,1,2,3,4). The van der Waals surface area contributed by atoms with Crippen molar-refractivity contribution in [3.05, 3.63) is 0 Å². The highest BCUT2D eigenvalue weighted by atomic mass is 32.3. The van der Waals surface area contributed by atoms with E-state index in [1.807, 2.05) is 0 Å². The van der Waals surface area contributed by atoms with Crippen molar-refractivity contribution in [3.8, 4) is 0 Å². The van der Waals surface area contributed by atoms with Crippen LogP contribution in [0.2, 0.25) is 0 Å².